The average molecular weight is 370 g/mol. The van der Waals surface area contributed by atoms with Crippen LogP contribution in [0, 0.1) is 0 Å². The Morgan fingerprint density at radius 3 is 2.52 bits per heavy atom. The van der Waals surface area contributed by atoms with Crippen molar-refractivity contribution < 1.29 is 9.53 Å². The van der Waals surface area contributed by atoms with Crippen LogP contribution >= 0.6 is 15.9 Å². The van der Waals surface area contributed by atoms with E-state index in [0.29, 0.717) is 17.9 Å². The molecule has 0 bridgehead atoms. The summed E-state index contributed by atoms with van der Waals surface area (Å²) in [6, 6.07) is 19.1. The zero-order chi connectivity index (χ0) is 16.2. The van der Waals surface area contributed by atoms with E-state index in [-0.39, 0.29) is 5.91 Å². The maximum Gasteiger partial charge on any atom is 0.260 e. The van der Waals surface area contributed by atoms with Crippen molar-refractivity contribution >= 4 is 38.3 Å². The molecule has 1 amide bonds. The Hall–Kier alpha value is -2.33. The van der Waals surface area contributed by atoms with Gasteiger partial charge in [-0.3, -0.25) is 4.79 Å². The summed E-state index contributed by atoms with van der Waals surface area (Å²) in [5.74, 6) is 0.424. The Kier molecular flexibility index (Phi) is 4.63. The zero-order valence-electron chi connectivity index (χ0n) is 12.7. The molecule has 0 aliphatic carbocycles. The van der Waals surface area contributed by atoms with Crippen molar-refractivity contribution in [3.8, 4) is 5.75 Å². The number of carbonyl (C=O) groups excluding carboxylic acids is 1. The topological polar surface area (TPSA) is 38.3 Å². The summed E-state index contributed by atoms with van der Waals surface area (Å²) in [4.78, 5) is 12.8. The molecule has 0 aromatic heterocycles. The van der Waals surface area contributed by atoms with Crippen molar-refractivity contribution in [1.82, 2.24) is 0 Å². The van der Waals surface area contributed by atoms with Crippen LogP contribution in [0.2, 0.25) is 0 Å². The van der Waals surface area contributed by atoms with E-state index < -0.39 is 0 Å². The molecule has 3 aromatic carbocycles. The second-order valence-electron chi connectivity index (χ2n) is 5.05. The van der Waals surface area contributed by atoms with Gasteiger partial charge in [0.15, 0.2) is 0 Å². The fourth-order valence-electron chi connectivity index (χ4n) is 2.49. The molecular formula is C19H16BrNO2. The molecule has 3 rings (SSSR count). The highest BCUT2D eigenvalue weighted by molar-refractivity contribution is 9.10. The molecule has 116 valence electrons. The van der Waals surface area contributed by atoms with E-state index in [9.17, 15) is 4.79 Å². The molecule has 0 unspecified atom stereocenters. The monoisotopic (exact) mass is 369 g/mol. The van der Waals surface area contributed by atoms with Gasteiger partial charge in [0.25, 0.3) is 5.91 Å². The van der Waals surface area contributed by atoms with Gasteiger partial charge in [-0.05, 0) is 48.0 Å². The van der Waals surface area contributed by atoms with Gasteiger partial charge in [0, 0.05) is 10.2 Å². The first-order chi connectivity index (χ1) is 11.2. The van der Waals surface area contributed by atoms with E-state index >= 15 is 0 Å². The number of anilines is 1. The smallest absolute Gasteiger partial charge is 0.260 e. The fourth-order valence-corrected chi connectivity index (χ4v) is 2.75. The molecule has 0 saturated heterocycles. The van der Waals surface area contributed by atoms with E-state index in [1.807, 2.05) is 67.6 Å². The summed E-state index contributed by atoms with van der Waals surface area (Å²) in [5, 5.41) is 4.83. The molecule has 0 atom stereocenters. The first-order valence-corrected chi connectivity index (χ1v) is 8.20. The lowest BCUT2D eigenvalue weighted by atomic mass is 10.0. The highest BCUT2D eigenvalue weighted by atomic mass is 79.9. The molecule has 0 aliphatic heterocycles. The van der Waals surface area contributed by atoms with Crippen molar-refractivity contribution in [2.45, 2.75) is 6.92 Å². The maximum absolute atomic E-state index is 12.8. The molecule has 3 nitrogen and oxygen atoms in total. The number of halogens is 1. The average Bonchev–Trinajstić information content (AvgIpc) is 2.57. The Morgan fingerprint density at radius 1 is 1.04 bits per heavy atom. The van der Waals surface area contributed by atoms with Crippen molar-refractivity contribution in [3.05, 3.63) is 70.7 Å². The van der Waals surface area contributed by atoms with Crippen LogP contribution in [0.1, 0.15) is 17.3 Å². The minimum absolute atomic E-state index is 0.174. The van der Waals surface area contributed by atoms with Crippen molar-refractivity contribution in [1.29, 1.82) is 0 Å². The van der Waals surface area contributed by atoms with Crippen molar-refractivity contribution in [2.75, 3.05) is 11.9 Å². The maximum atomic E-state index is 12.8. The summed E-state index contributed by atoms with van der Waals surface area (Å²) >= 11 is 3.39. The van der Waals surface area contributed by atoms with Gasteiger partial charge in [0.05, 0.1) is 12.2 Å². The van der Waals surface area contributed by atoms with E-state index in [1.165, 1.54) is 0 Å². The van der Waals surface area contributed by atoms with Gasteiger partial charge < -0.3 is 10.1 Å². The number of hydrogen-bond acceptors (Lipinski definition) is 2. The molecular weight excluding hydrogens is 354 g/mol. The minimum atomic E-state index is -0.174. The van der Waals surface area contributed by atoms with Crippen LogP contribution in [-0.4, -0.2) is 12.5 Å². The lowest BCUT2D eigenvalue weighted by molar-refractivity contribution is 0.102. The van der Waals surface area contributed by atoms with Gasteiger partial charge in [-0.15, -0.1) is 0 Å². The lowest BCUT2D eigenvalue weighted by Gasteiger charge is -2.13. The molecule has 0 saturated carbocycles. The van der Waals surface area contributed by atoms with Crippen LogP contribution in [0.3, 0.4) is 0 Å². The van der Waals surface area contributed by atoms with E-state index in [2.05, 4.69) is 21.2 Å². The van der Waals surface area contributed by atoms with Crippen LogP contribution in [0.5, 0.6) is 5.75 Å². The summed E-state index contributed by atoms with van der Waals surface area (Å²) in [7, 11) is 0. The molecule has 0 fully saturated rings. The van der Waals surface area contributed by atoms with E-state index in [1.54, 1.807) is 0 Å². The second-order valence-corrected chi connectivity index (χ2v) is 5.97. The number of amides is 1. The Morgan fingerprint density at radius 2 is 1.78 bits per heavy atom. The van der Waals surface area contributed by atoms with Crippen LogP contribution in [-0.2, 0) is 0 Å². The second kappa shape index (κ2) is 6.84. The zero-order valence-corrected chi connectivity index (χ0v) is 14.3. The molecule has 0 heterocycles. The van der Waals surface area contributed by atoms with Crippen LogP contribution < -0.4 is 10.1 Å². The van der Waals surface area contributed by atoms with Gasteiger partial charge in [-0.2, -0.15) is 0 Å². The van der Waals surface area contributed by atoms with Crippen LogP contribution in [0.4, 0.5) is 5.69 Å². The number of rotatable bonds is 4. The quantitative estimate of drug-likeness (QED) is 0.681. The standard InChI is InChI=1S/C19H16BrNO2/c1-2-23-17-12-7-13-5-3-4-6-16(13)18(17)19(22)21-15-10-8-14(20)9-11-15/h3-12H,2H2,1H3,(H,21,22). The first-order valence-electron chi connectivity index (χ1n) is 7.40. The lowest BCUT2D eigenvalue weighted by Crippen LogP contribution is -2.14. The van der Waals surface area contributed by atoms with Crippen molar-refractivity contribution in [2.24, 2.45) is 0 Å². The normalized spacial score (nSPS) is 10.5. The summed E-state index contributed by atoms with van der Waals surface area (Å²) in [6.45, 7) is 2.42. The third-order valence-electron chi connectivity index (χ3n) is 3.52. The molecule has 0 spiro atoms. The number of hydrogen-bond donors (Lipinski definition) is 1. The molecule has 4 heteroatoms. The number of ether oxygens (including phenoxy) is 1. The molecule has 0 radical (unpaired) electrons. The third kappa shape index (κ3) is 3.37. The number of nitrogens with one attached hydrogen (secondary N) is 1. The van der Waals surface area contributed by atoms with Gasteiger partial charge in [-0.25, -0.2) is 0 Å². The van der Waals surface area contributed by atoms with Gasteiger partial charge in [0.1, 0.15) is 5.75 Å². The summed E-state index contributed by atoms with van der Waals surface area (Å²) in [6.07, 6.45) is 0. The fraction of sp³-hybridized carbons (Fsp3) is 0.105. The van der Waals surface area contributed by atoms with Crippen molar-refractivity contribution in [3.63, 3.8) is 0 Å². The van der Waals surface area contributed by atoms with Gasteiger partial charge in [-0.1, -0.05) is 46.3 Å². The molecule has 1 N–H and O–H groups in total. The van der Waals surface area contributed by atoms with Crippen LogP contribution in [0.25, 0.3) is 10.8 Å². The number of carbonyl (C=O) groups is 1. The first kappa shape index (κ1) is 15.6. The Bertz CT molecular complexity index is 844. The van der Waals surface area contributed by atoms with E-state index in [4.69, 9.17) is 4.74 Å². The number of benzene rings is 3. The Labute approximate surface area is 143 Å². The highest BCUT2D eigenvalue weighted by Crippen LogP contribution is 2.29. The Balaban J connectivity index is 2.03. The summed E-state index contributed by atoms with van der Waals surface area (Å²) in [5.41, 5.74) is 1.31. The largest absolute Gasteiger partial charge is 0.493 e. The van der Waals surface area contributed by atoms with Gasteiger partial charge in [0.2, 0.25) is 0 Å². The number of fused-ring (bicyclic) bond motifs is 1. The predicted octanol–water partition coefficient (Wildman–Crippen LogP) is 5.25. The SMILES string of the molecule is CCOc1ccc2ccccc2c1C(=O)Nc1ccc(Br)cc1. The van der Waals surface area contributed by atoms with E-state index in [0.717, 1.165) is 20.9 Å². The summed E-state index contributed by atoms with van der Waals surface area (Å²) < 4.78 is 6.62. The molecule has 23 heavy (non-hydrogen) atoms. The highest BCUT2D eigenvalue weighted by Gasteiger charge is 2.16. The predicted molar refractivity (Wildman–Crippen MR) is 97.2 cm³/mol. The molecule has 3 aromatic rings. The van der Waals surface area contributed by atoms with Gasteiger partial charge >= 0.3 is 0 Å². The third-order valence-corrected chi connectivity index (χ3v) is 4.05. The molecule has 0 aliphatic rings. The van der Waals surface area contributed by atoms with Crippen LogP contribution in [0.15, 0.2) is 65.1 Å². The minimum Gasteiger partial charge on any atom is -0.493 e.